The third-order valence-corrected chi connectivity index (χ3v) is 5.13. The van der Waals surface area contributed by atoms with Gasteiger partial charge in [-0.1, -0.05) is 36.4 Å². The van der Waals surface area contributed by atoms with E-state index in [0.717, 1.165) is 44.0 Å². The maximum Gasteiger partial charge on any atom is 0.573 e. The van der Waals surface area contributed by atoms with Gasteiger partial charge in [0.1, 0.15) is 5.75 Å². The van der Waals surface area contributed by atoms with Crippen molar-refractivity contribution in [2.45, 2.75) is 32.0 Å². The summed E-state index contributed by atoms with van der Waals surface area (Å²) in [5.74, 6) is -0.221. The number of benzene rings is 2. The summed E-state index contributed by atoms with van der Waals surface area (Å²) in [5, 5.41) is 0. The van der Waals surface area contributed by atoms with Gasteiger partial charge in [-0.3, -0.25) is 4.79 Å². The molecular formula is C22H26Cl2F3NO2. The number of hydrogen-bond donors (Lipinski definition) is 0. The zero-order valence-corrected chi connectivity index (χ0v) is 18.3. The van der Waals surface area contributed by atoms with E-state index in [2.05, 4.69) is 16.7 Å². The largest absolute Gasteiger partial charge is 0.573 e. The normalized spacial score (nSPS) is 15.1. The molecule has 2 aromatic rings. The van der Waals surface area contributed by atoms with Crippen molar-refractivity contribution in [2.24, 2.45) is 5.92 Å². The van der Waals surface area contributed by atoms with Gasteiger partial charge in [0, 0.05) is 6.42 Å². The van der Waals surface area contributed by atoms with E-state index < -0.39 is 17.9 Å². The number of rotatable bonds is 6. The minimum absolute atomic E-state index is 0. The zero-order chi connectivity index (χ0) is 20.1. The average molecular weight is 464 g/mol. The zero-order valence-electron chi connectivity index (χ0n) is 16.7. The molecule has 0 N–H and O–H groups in total. The number of hydrogen-bond acceptors (Lipinski definition) is 3. The highest BCUT2D eigenvalue weighted by molar-refractivity contribution is 6.00. The van der Waals surface area contributed by atoms with E-state index >= 15 is 0 Å². The Balaban J connectivity index is 0.00000225. The SMILES string of the molecule is CN1CCC(Cc2cccc(CC(=O)c3ccccc3OC(F)(F)F)c2)CC1.Cl.Cl. The molecule has 1 aliphatic heterocycles. The number of nitrogens with zero attached hydrogens (tertiary/aromatic N) is 1. The van der Waals surface area contributed by atoms with Crippen molar-refractivity contribution in [2.75, 3.05) is 20.1 Å². The van der Waals surface area contributed by atoms with Gasteiger partial charge in [-0.2, -0.15) is 0 Å². The van der Waals surface area contributed by atoms with E-state index in [0.29, 0.717) is 5.92 Å². The Morgan fingerprint density at radius 2 is 1.67 bits per heavy atom. The first kappa shape index (κ1) is 26.3. The van der Waals surface area contributed by atoms with Crippen LogP contribution in [0.1, 0.15) is 34.3 Å². The Morgan fingerprint density at radius 3 is 2.33 bits per heavy atom. The highest BCUT2D eigenvalue weighted by atomic mass is 35.5. The molecule has 0 spiro atoms. The molecule has 0 aliphatic carbocycles. The van der Waals surface area contributed by atoms with E-state index in [-0.39, 0.29) is 36.8 Å². The first-order valence-electron chi connectivity index (χ1n) is 9.44. The Bertz CT molecular complexity index is 822. The number of alkyl halides is 3. The summed E-state index contributed by atoms with van der Waals surface area (Å²) in [4.78, 5) is 14.9. The van der Waals surface area contributed by atoms with Crippen LogP contribution in [0.5, 0.6) is 5.75 Å². The molecule has 3 nitrogen and oxygen atoms in total. The van der Waals surface area contributed by atoms with Gasteiger partial charge in [-0.15, -0.1) is 38.0 Å². The van der Waals surface area contributed by atoms with Gasteiger partial charge in [0.25, 0.3) is 0 Å². The lowest BCUT2D eigenvalue weighted by Gasteiger charge is -2.29. The predicted molar refractivity (Wildman–Crippen MR) is 116 cm³/mol. The number of likely N-dealkylation sites (tertiary alicyclic amines) is 1. The number of Topliss-reactive ketones (excluding diaryl/α,β-unsaturated/α-hetero) is 1. The Labute approximate surface area is 187 Å². The number of piperidine rings is 1. The number of ketones is 1. The second-order valence-electron chi connectivity index (χ2n) is 7.41. The summed E-state index contributed by atoms with van der Waals surface area (Å²) < 4.78 is 41.7. The Kier molecular flexibility index (Phi) is 10.1. The molecule has 0 bridgehead atoms. The van der Waals surface area contributed by atoms with Crippen molar-refractivity contribution in [1.82, 2.24) is 4.90 Å². The molecule has 0 aromatic heterocycles. The van der Waals surface area contributed by atoms with Crippen molar-refractivity contribution in [3.05, 3.63) is 65.2 Å². The van der Waals surface area contributed by atoms with Gasteiger partial charge in [0.2, 0.25) is 0 Å². The van der Waals surface area contributed by atoms with E-state index in [9.17, 15) is 18.0 Å². The standard InChI is InChI=1S/C22H24F3NO2.2ClH/c1-26-11-9-16(10-12-26)13-17-5-4-6-18(14-17)15-20(27)19-7-2-3-8-21(19)28-22(23,24)25;;/h2-8,14,16H,9-13,15H2,1H3;2*1H. The number of halogens is 5. The van der Waals surface area contributed by atoms with Crippen LogP contribution in [-0.4, -0.2) is 37.2 Å². The maximum atomic E-state index is 12.6. The molecule has 0 saturated carbocycles. The van der Waals surface area contributed by atoms with Gasteiger partial charge in [-0.25, -0.2) is 0 Å². The predicted octanol–water partition coefficient (Wildman–Crippen LogP) is 5.74. The third kappa shape index (κ3) is 7.82. The molecule has 1 fully saturated rings. The fourth-order valence-electron chi connectivity index (χ4n) is 3.66. The smallest absolute Gasteiger partial charge is 0.405 e. The van der Waals surface area contributed by atoms with Gasteiger partial charge >= 0.3 is 6.36 Å². The van der Waals surface area contributed by atoms with Crippen molar-refractivity contribution in [3.63, 3.8) is 0 Å². The van der Waals surface area contributed by atoms with Crippen LogP contribution < -0.4 is 4.74 Å². The summed E-state index contributed by atoms with van der Waals surface area (Å²) in [7, 11) is 2.13. The average Bonchev–Trinajstić information content (AvgIpc) is 2.63. The highest BCUT2D eigenvalue weighted by Crippen LogP contribution is 2.27. The van der Waals surface area contributed by atoms with Crippen molar-refractivity contribution in [3.8, 4) is 5.75 Å². The summed E-state index contributed by atoms with van der Waals surface area (Å²) >= 11 is 0. The first-order chi connectivity index (χ1) is 13.3. The van der Waals surface area contributed by atoms with Crippen LogP contribution in [0.25, 0.3) is 0 Å². The number of carbonyl (C=O) groups excluding carboxylic acids is 1. The molecule has 0 radical (unpaired) electrons. The molecular weight excluding hydrogens is 438 g/mol. The van der Waals surface area contributed by atoms with Crippen LogP contribution in [-0.2, 0) is 12.8 Å². The molecule has 8 heteroatoms. The number of ether oxygens (including phenoxy) is 1. The number of para-hydroxylation sites is 1. The van der Waals surface area contributed by atoms with E-state index in [4.69, 9.17) is 0 Å². The van der Waals surface area contributed by atoms with Gasteiger partial charge < -0.3 is 9.64 Å². The summed E-state index contributed by atoms with van der Waals surface area (Å²) in [5.41, 5.74) is 1.91. The fourth-order valence-corrected chi connectivity index (χ4v) is 3.66. The fraction of sp³-hybridized carbons (Fsp3) is 0.409. The van der Waals surface area contributed by atoms with Gasteiger partial charge in [-0.05, 0) is 68.6 Å². The molecule has 1 heterocycles. The summed E-state index contributed by atoms with van der Waals surface area (Å²) in [6.07, 6.45) is -1.52. The van der Waals surface area contributed by atoms with Crippen LogP contribution in [0, 0.1) is 5.92 Å². The molecule has 1 saturated heterocycles. The van der Waals surface area contributed by atoms with Crippen molar-refractivity contribution < 1.29 is 22.7 Å². The second kappa shape index (κ2) is 11.6. The molecule has 30 heavy (non-hydrogen) atoms. The van der Waals surface area contributed by atoms with Crippen molar-refractivity contribution >= 4 is 30.6 Å². The molecule has 1 aliphatic rings. The molecule has 2 aromatic carbocycles. The minimum Gasteiger partial charge on any atom is -0.405 e. The quantitative estimate of drug-likeness (QED) is 0.511. The summed E-state index contributed by atoms with van der Waals surface area (Å²) in [6.45, 7) is 2.19. The number of carbonyl (C=O) groups is 1. The van der Waals surface area contributed by atoms with Crippen LogP contribution >= 0.6 is 24.8 Å². The van der Waals surface area contributed by atoms with Crippen LogP contribution in [0.4, 0.5) is 13.2 Å². The van der Waals surface area contributed by atoms with Crippen LogP contribution in [0.3, 0.4) is 0 Å². The van der Waals surface area contributed by atoms with Gasteiger partial charge in [0.15, 0.2) is 5.78 Å². The Hall–Kier alpha value is -1.76. The van der Waals surface area contributed by atoms with Crippen LogP contribution in [0.15, 0.2) is 48.5 Å². The monoisotopic (exact) mass is 463 g/mol. The second-order valence-corrected chi connectivity index (χ2v) is 7.41. The Morgan fingerprint density at radius 1 is 1.03 bits per heavy atom. The topological polar surface area (TPSA) is 29.5 Å². The minimum atomic E-state index is -4.83. The third-order valence-electron chi connectivity index (χ3n) is 5.13. The molecule has 0 unspecified atom stereocenters. The van der Waals surface area contributed by atoms with Gasteiger partial charge in [0.05, 0.1) is 5.56 Å². The van der Waals surface area contributed by atoms with E-state index in [1.807, 2.05) is 24.3 Å². The van der Waals surface area contributed by atoms with E-state index in [1.165, 1.54) is 23.8 Å². The molecule has 166 valence electrons. The summed E-state index contributed by atoms with van der Waals surface area (Å²) in [6, 6.07) is 13.3. The molecule has 3 rings (SSSR count). The van der Waals surface area contributed by atoms with Crippen molar-refractivity contribution in [1.29, 1.82) is 0 Å². The van der Waals surface area contributed by atoms with E-state index in [1.54, 1.807) is 0 Å². The van der Waals surface area contributed by atoms with Crippen LogP contribution in [0.2, 0.25) is 0 Å². The lowest BCUT2D eigenvalue weighted by Crippen LogP contribution is -2.30. The lowest BCUT2D eigenvalue weighted by molar-refractivity contribution is -0.274. The lowest BCUT2D eigenvalue weighted by atomic mass is 9.89. The molecule has 0 amide bonds. The first-order valence-corrected chi connectivity index (χ1v) is 9.44. The highest BCUT2D eigenvalue weighted by Gasteiger charge is 2.32. The maximum absolute atomic E-state index is 12.6. The molecule has 0 atom stereocenters.